The van der Waals surface area contributed by atoms with Crippen molar-refractivity contribution in [3.05, 3.63) is 0 Å². The van der Waals surface area contributed by atoms with Crippen LogP contribution in [0, 0.1) is 5.92 Å². The van der Waals surface area contributed by atoms with Gasteiger partial charge in [0.05, 0.1) is 33.0 Å². The molecule has 0 saturated heterocycles. The molecule has 0 aromatic carbocycles. The molecule has 16 heavy (non-hydrogen) atoms. The Morgan fingerprint density at radius 2 is 1.75 bits per heavy atom. The van der Waals surface area contributed by atoms with Crippen molar-refractivity contribution >= 4 is 0 Å². The fraction of sp³-hybridized carbons (Fsp3) is 1.00. The van der Waals surface area contributed by atoms with Crippen LogP contribution < -0.4 is 5.32 Å². The van der Waals surface area contributed by atoms with Crippen LogP contribution in [-0.2, 0) is 14.2 Å². The molecule has 0 heterocycles. The Morgan fingerprint density at radius 3 is 2.44 bits per heavy atom. The first-order valence-corrected chi connectivity index (χ1v) is 6.16. The standard InChI is InChI=1S/C12H27NO3/c1-4-5-13-10-12(2)11-16-9-8-15-7-6-14-3/h12-13H,4-11H2,1-3H3. The first-order chi connectivity index (χ1) is 7.81. The Labute approximate surface area is 99.6 Å². The number of nitrogens with one attached hydrogen (secondary N) is 1. The Balaban J connectivity index is 3.06. The number of hydrogen-bond donors (Lipinski definition) is 1. The Morgan fingerprint density at radius 1 is 1.06 bits per heavy atom. The highest BCUT2D eigenvalue weighted by atomic mass is 16.5. The Kier molecular flexibility index (Phi) is 12.8. The Hall–Kier alpha value is -0.160. The van der Waals surface area contributed by atoms with Crippen LogP contribution in [0.15, 0.2) is 0 Å². The summed E-state index contributed by atoms with van der Waals surface area (Å²) in [7, 11) is 1.67. The van der Waals surface area contributed by atoms with E-state index >= 15 is 0 Å². The van der Waals surface area contributed by atoms with Crippen molar-refractivity contribution in [2.45, 2.75) is 20.3 Å². The molecular formula is C12H27NO3. The van der Waals surface area contributed by atoms with Crippen LogP contribution in [0.4, 0.5) is 0 Å². The van der Waals surface area contributed by atoms with Gasteiger partial charge in [0.1, 0.15) is 0 Å². The summed E-state index contributed by atoms with van der Waals surface area (Å²) in [5.41, 5.74) is 0. The number of hydrogen-bond acceptors (Lipinski definition) is 4. The SMILES string of the molecule is CCCNCC(C)COCCOCCOC. The van der Waals surface area contributed by atoms with Gasteiger partial charge in [-0.2, -0.15) is 0 Å². The summed E-state index contributed by atoms with van der Waals surface area (Å²) in [5.74, 6) is 0.561. The van der Waals surface area contributed by atoms with Crippen molar-refractivity contribution in [1.82, 2.24) is 5.32 Å². The molecule has 0 spiro atoms. The molecule has 1 atom stereocenters. The lowest BCUT2D eigenvalue weighted by molar-refractivity contribution is 0.0171. The molecule has 0 radical (unpaired) electrons. The van der Waals surface area contributed by atoms with Crippen LogP contribution in [0.2, 0.25) is 0 Å². The van der Waals surface area contributed by atoms with Gasteiger partial charge in [-0.3, -0.25) is 0 Å². The van der Waals surface area contributed by atoms with Crippen LogP contribution in [0.25, 0.3) is 0 Å². The predicted octanol–water partition coefficient (Wildman–Crippen LogP) is 1.30. The summed E-state index contributed by atoms with van der Waals surface area (Å²) < 4.78 is 15.7. The second-order valence-electron chi connectivity index (χ2n) is 3.99. The molecule has 0 fully saturated rings. The van der Waals surface area contributed by atoms with Gasteiger partial charge in [0.2, 0.25) is 0 Å². The van der Waals surface area contributed by atoms with Gasteiger partial charge in [0, 0.05) is 7.11 Å². The lowest BCUT2D eigenvalue weighted by atomic mass is 10.2. The van der Waals surface area contributed by atoms with Crippen LogP contribution in [-0.4, -0.2) is 53.2 Å². The minimum Gasteiger partial charge on any atom is -0.382 e. The van der Waals surface area contributed by atoms with E-state index in [0.717, 1.165) is 19.7 Å². The van der Waals surface area contributed by atoms with Gasteiger partial charge in [0.25, 0.3) is 0 Å². The molecule has 0 aromatic rings. The molecule has 1 unspecified atom stereocenters. The van der Waals surface area contributed by atoms with Gasteiger partial charge in [-0.1, -0.05) is 13.8 Å². The van der Waals surface area contributed by atoms with E-state index in [1.807, 2.05) is 0 Å². The highest BCUT2D eigenvalue weighted by Crippen LogP contribution is 1.93. The van der Waals surface area contributed by atoms with Gasteiger partial charge >= 0.3 is 0 Å². The summed E-state index contributed by atoms with van der Waals surface area (Å²) in [6.45, 7) is 9.89. The highest BCUT2D eigenvalue weighted by molar-refractivity contribution is 4.55. The van der Waals surface area contributed by atoms with E-state index in [-0.39, 0.29) is 0 Å². The first-order valence-electron chi connectivity index (χ1n) is 6.16. The maximum atomic E-state index is 5.50. The summed E-state index contributed by atoms with van der Waals surface area (Å²) in [6, 6.07) is 0. The number of methoxy groups -OCH3 is 1. The molecule has 1 N–H and O–H groups in total. The predicted molar refractivity (Wildman–Crippen MR) is 65.8 cm³/mol. The summed E-state index contributed by atoms with van der Waals surface area (Å²) >= 11 is 0. The second-order valence-corrected chi connectivity index (χ2v) is 3.99. The van der Waals surface area contributed by atoms with Gasteiger partial charge in [-0.15, -0.1) is 0 Å². The smallest absolute Gasteiger partial charge is 0.0701 e. The third-order valence-electron chi connectivity index (χ3n) is 2.13. The van der Waals surface area contributed by atoms with Crippen LogP contribution in [0.1, 0.15) is 20.3 Å². The van der Waals surface area contributed by atoms with Crippen molar-refractivity contribution in [1.29, 1.82) is 0 Å². The molecule has 0 bridgehead atoms. The maximum absolute atomic E-state index is 5.50. The molecule has 98 valence electrons. The summed E-state index contributed by atoms with van der Waals surface area (Å²) in [6.07, 6.45) is 1.18. The molecule has 0 aromatic heterocycles. The molecular weight excluding hydrogens is 206 g/mol. The zero-order valence-corrected chi connectivity index (χ0v) is 11.0. The first kappa shape index (κ1) is 15.8. The van der Waals surface area contributed by atoms with E-state index in [1.54, 1.807) is 7.11 Å². The van der Waals surface area contributed by atoms with E-state index in [9.17, 15) is 0 Å². The number of ether oxygens (including phenoxy) is 3. The summed E-state index contributed by atoms with van der Waals surface area (Å²) in [5, 5.41) is 3.38. The van der Waals surface area contributed by atoms with Crippen molar-refractivity contribution in [3.8, 4) is 0 Å². The highest BCUT2D eigenvalue weighted by Gasteiger charge is 2.00. The van der Waals surface area contributed by atoms with Gasteiger partial charge < -0.3 is 19.5 Å². The minimum absolute atomic E-state index is 0.561. The molecule has 0 aliphatic rings. The topological polar surface area (TPSA) is 39.7 Å². The zero-order chi connectivity index (χ0) is 12.1. The average molecular weight is 233 g/mol. The largest absolute Gasteiger partial charge is 0.382 e. The van der Waals surface area contributed by atoms with Crippen LogP contribution >= 0.6 is 0 Å². The van der Waals surface area contributed by atoms with Crippen molar-refractivity contribution < 1.29 is 14.2 Å². The molecule has 0 amide bonds. The van der Waals surface area contributed by atoms with E-state index in [1.165, 1.54) is 6.42 Å². The lowest BCUT2D eigenvalue weighted by Crippen LogP contribution is -2.25. The monoisotopic (exact) mass is 233 g/mol. The van der Waals surface area contributed by atoms with Gasteiger partial charge in [-0.05, 0) is 25.4 Å². The number of rotatable bonds is 12. The molecule has 0 aliphatic carbocycles. The van der Waals surface area contributed by atoms with E-state index < -0.39 is 0 Å². The molecule has 4 nitrogen and oxygen atoms in total. The van der Waals surface area contributed by atoms with Gasteiger partial charge in [0.15, 0.2) is 0 Å². The van der Waals surface area contributed by atoms with E-state index in [0.29, 0.717) is 32.3 Å². The van der Waals surface area contributed by atoms with Gasteiger partial charge in [-0.25, -0.2) is 0 Å². The molecule has 0 rings (SSSR count). The minimum atomic E-state index is 0.561. The molecule has 0 aliphatic heterocycles. The maximum Gasteiger partial charge on any atom is 0.0701 e. The van der Waals surface area contributed by atoms with Crippen LogP contribution in [0.3, 0.4) is 0 Å². The average Bonchev–Trinajstić information content (AvgIpc) is 2.28. The molecule has 0 saturated carbocycles. The quantitative estimate of drug-likeness (QED) is 0.516. The van der Waals surface area contributed by atoms with Crippen molar-refractivity contribution in [2.75, 3.05) is 53.2 Å². The fourth-order valence-corrected chi connectivity index (χ4v) is 1.23. The Bertz CT molecular complexity index is 133. The molecule has 4 heteroatoms. The van der Waals surface area contributed by atoms with E-state index in [4.69, 9.17) is 14.2 Å². The third-order valence-corrected chi connectivity index (χ3v) is 2.13. The van der Waals surface area contributed by atoms with Crippen molar-refractivity contribution in [2.24, 2.45) is 5.92 Å². The second kappa shape index (κ2) is 12.9. The van der Waals surface area contributed by atoms with Crippen molar-refractivity contribution in [3.63, 3.8) is 0 Å². The fourth-order valence-electron chi connectivity index (χ4n) is 1.23. The zero-order valence-electron chi connectivity index (χ0n) is 11.0. The normalized spacial score (nSPS) is 12.9. The summed E-state index contributed by atoms with van der Waals surface area (Å²) in [4.78, 5) is 0. The van der Waals surface area contributed by atoms with E-state index in [2.05, 4.69) is 19.2 Å². The third kappa shape index (κ3) is 11.9. The lowest BCUT2D eigenvalue weighted by Gasteiger charge is -2.12. The van der Waals surface area contributed by atoms with Crippen LogP contribution in [0.5, 0.6) is 0 Å².